The van der Waals surface area contributed by atoms with Gasteiger partial charge in [-0.1, -0.05) is 0 Å². The van der Waals surface area contributed by atoms with Gasteiger partial charge >= 0.3 is 0 Å². The minimum Gasteiger partial charge on any atom is -0.478 e. The number of ether oxygens (including phenoxy) is 1. The number of aliphatic imine (C=N–C) groups is 1. The summed E-state index contributed by atoms with van der Waals surface area (Å²) >= 11 is 0. The van der Waals surface area contributed by atoms with Gasteiger partial charge in [0.1, 0.15) is 11.4 Å². The van der Waals surface area contributed by atoms with Crippen LogP contribution in [0.15, 0.2) is 46.1 Å². The summed E-state index contributed by atoms with van der Waals surface area (Å²) in [6.45, 7) is 7.64. The summed E-state index contributed by atoms with van der Waals surface area (Å²) in [5, 5.41) is 16.8. The van der Waals surface area contributed by atoms with E-state index in [2.05, 4.69) is 20.6 Å². The summed E-state index contributed by atoms with van der Waals surface area (Å²) in [5.41, 5.74) is -0.133. The van der Waals surface area contributed by atoms with Crippen LogP contribution in [0.5, 0.6) is 5.88 Å². The van der Waals surface area contributed by atoms with Crippen molar-refractivity contribution in [2.75, 3.05) is 19.7 Å². The lowest BCUT2D eigenvalue weighted by molar-refractivity contribution is 0.0386. The molecule has 0 bridgehead atoms. The third-order valence-electron chi connectivity index (χ3n) is 3.51. The van der Waals surface area contributed by atoms with Crippen LogP contribution in [0.4, 0.5) is 0 Å². The van der Waals surface area contributed by atoms with Crippen LogP contribution in [0.25, 0.3) is 0 Å². The van der Waals surface area contributed by atoms with E-state index in [1.807, 2.05) is 26.0 Å². The SMILES string of the molecule is CCNC(=NCc1ccnc(OCC)c1)NCC(C)(O)c1ccco1.I. The summed E-state index contributed by atoms with van der Waals surface area (Å²) in [5.74, 6) is 1.71. The van der Waals surface area contributed by atoms with E-state index in [9.17, 15) is 5.11 Å². The molecule has 0 radical (unpaired) electrons. The standard InChI is InChI=1S/C18H26N4O3.HI/c1-4-19-17(22-13-18(3,23)15-7-6-10-25-15)21-12-14-8-9-20-16(11-14)24-5-2;/h6-11,23H,4-5,12-13H2,1-3H3,(H2,19,21,22);1H. The Morgan fingerprint density at radius 2 is 2.15 bits per heavy atom. The Labute approximate surface area is 171 Å². The number of nitrogens with zero attached hydrogens (tertiary/aromatic N) is 2. The third-order valence-corrected chi connectivity index (χ3v) is 3.51. The molecule has 1 unspecified atom stereocenters. The van der Waals surface area contributed by atoms with E-state index in [0.29, 0.717) is 30.8 Å². The van der Waals surface area contributed by atoms with E-state index in [0.717, 1.165) is 12.1 Å². The Balaban J connectivity index is 0.00000338. The average molecular weight is 474 g/mol. The fourth-order valence-corrected chi connectivity index (χ4v) is 2.22. The lowest BCUT2D eigenvalue weighted by Gasteiger charge is -2.22. The normalized spacial score (nSPS) is 13.5. The van der Waals surface area contributed by atoms with Crippen molar-refractivity contribution in [3.63, 3.8) is 0 Å². The van der Waals surface area contributed by atoms with Gasteiger partial charge in [0.15, 0.2) is 5.96 Å². The van der Waals surface area contributed by atoms with E-state index < -0.39 is 5.60 Å². The fraction of sp³-hybridized carbons (Fsp3) is 0.444. The molecule has 0 aliphatic carbocycles. The van der Waals surface area contributed by atoms with Crippen molar-refractivity contribution >= 4 is 29.9 Å². The van der Waals surface area contributed by atoms with Crippen molar-refractivity contribution < 1.29 is 14.3 Å². The molecular formula is C18H27IN4O3. The average Bonchev–Trinajstić information content (AvgIpc) is 3.14. The van der Waals surface area contributed by atoms with Gasteiger partial charge in [-0.15, -0.1) is 24.0 Å². The van der Waals surface area contributed by atoms with Crippen LogP contribution in [0.1, 0.15) is 32.1 Å². The van der Waals surface area contributed by atoms with Crippen molar-refractivity contribution in [3.8, 4) is 5.88 Å². The van der Waals surface area contributed by atoms with Crippen LogP contribution in [-0.4, -0.2) is 35.7 Å². The summed E-state index contributed by atoms with van der Waals surface area (Å²) in [6, 6.07) is 7.27. The molecule has 0 saturated heterocycles. The second kappa shape index (κ2) is 11.0. The quantitative estimate of drug-likeness (QED) is 0.310. The molecule has 2 rings (SSSR count). The maximum atomic E-state index is 10.5. The van der Waals surface area contributed by atoms with Gasteiger partial charge in [-0.2, -0.15) is 0 Å². The predicted molar refractivity (Wildman–Crippen MR) is 112 cm³/mol. The molecule has 26 heavy (non-hydrogen) atoms. The van der Waals surface area contributed by atoms with Crippen LogP contribution in [0.2, 0.25) is 0 Å². The number of aliphatic hydroxyl groups is 1. The van der Waals surface area contributed by atoms with E-state index >= 15 is 0 Å². The second-order valence-corrected chi connectivity index (χ2v) is 5.74. The monoisotopic (exact) mass is 474 g/mol. The first-order valence-electron chi connectivity index (χ1n) is 8.41. The summed E-state index contributed by atoms with van der Waals surface area (Å²) in [7, 11) is 0. The van der Waals surface area contributed by atoms with Gasteiger partial charge in [-0.3, -0.25) is 0 Å². The van der Waals surface area contributed by atoms with E-state index in [1.165, 1.54) is 0 Å². The number of furan rings is 1. The summed E-state index contributed by atoms with van der Waals surface area (Å²) in [6.07, 6.45) is 3.25. The van der Waals surface area contributed by atoms with E-state index in [4.69, 9.17) is 9.15 Å². The third kappa shape index (κ3) is 6.83. The zero-order valence-electron chi connectivity index (χ0n) is 15.4. The minimum atomic E-state index is -1.13. The van der Waals surface area contributed by atoms with Crippen LogP contribution >= 0.6 is 24.0 Å². The second-order valence-electron chi connectivity index (χ2n) is 5.74. The molecule has 0 aromatic carbocycles. The first kappa shape index (κ1) is 22.2. The first-order valence-corrected chi connectivity index (χ1v) is 8.41. The van der Waals surface area contributed by atoms with Crippen LogP contribution < -0.4 is 15.4 Å². The molecule has 1 atom stereocenters. The molecule has 0 amide bonds. The fourth-order valence-electron chi connectivity index (χ4n) is 2.22. The van der Waals surface area contributed by atoms with Crippen molar-refractivity contribution in [3.05, 3.63) is 48.0 Å². The molecule has 8 heteroatoms. The summed E-state index contributed by atoms with van der Waals surface area (Å²) < 4.78 is 10.7. The molecule has 7 nitrogen and oxygen atoms in total. The smallest absolute Gasteiger partial charge is 0.213 e. The number of pyridine rings is 1. The molecule has 0 saturated carbocycles. The Kier molecular flexibility index (Phi) is 9.42. The molecule has 2 aromatic rings. The van der Waals surface area contributed by atoms with E-state index in [1.54, 1.807) is 31.5 Å². The number of nitrogens with one attached hydrogen (secondary N) is 2. The Bertz CT molecular complexity index is 675. The predicted octanol–water partition coefficient (Wildman–Crippen LogP) is 2.65. The molecule has 0 fully saturated rings. The van der Waals surface area contributed by atoms with Gasteiger partial charge in [0, 0.05) is 18.8 Å². The highest BCUT2D eigenvalue weighted by Gasteiger charge is 2.26. The lowest BCUT2D eigenvalue weighted by atomic mass is 10.0. The van der Waals surface area contributed by atoms with Gasteiger partial charge in [0.05, 0.1) is 26.0 Å². The minimum absolute atomic E-state index is 0. The first-order chi connectivity index (χ1) is 12.0. The Hall–Kier alpha value is -1.81. The number of hydrogen-bond acceptors (Lipinski definition) is 5. The Morgan fingerprint density at radius 1 is 1.35 bits per heavy atom. The van der Waals surface area contributed by atoms with Crippen molar-refractivity contribution in [1.82, 2.24) is 15.6 Å². The van der Waals surface area contributed by atoms with Crippen LogP contribution in [-0.2, 0) is 12.1 Å². The largest absolute Gasteiger partial charge is 0.478 e. The maximum Gasteiger partial charge on any atom is 0.213 e. The van der Waals surface area contributed by atoms with Gasteiger partial charge in [-0.25, -0.2) is 9.98 Å². The Morgan fingerprint density at radius 3 is 2.81 bits per heavy atom. The highest BCUT2D eigenvalue weighted by molar-refractivity contribution is 14.0. The van der Waals surface area contributed by atoms with Gasteiger partial charge in [0.2, 0.25) is 5.88 Å². The van der Waals surface area contributed by atoms with Crippen molar-refractivity contribution in [2.45, 2.75) is 32.9 Å². The van der Waals surface area contributed by atoms with Gasteiger partial charge in [0.25, 0.3) is 0 Å². The highest BCUT2D eigenvalue weighted by Crippen LogP contribution is 2.19. The molecule has 0 aliphatic rings. The van der Waals surface area contributed by atoms with Crippen LogP contribution in [0, 0.1) is 0 Å². The van der Waals surface area contributed by atoms with Crippen molar-refractivity contribution in [2.24, 2.45) is 4.99 Å². The van der Waals surface area contributed by atoms with Crippen LogP contribution in [0.3, 0.4) is 0 Å². The number of aromatic nitrogens is 1. The molecule has 0 spiro atoms. The lowest BCUT2D eigenvalue weighted by Crippen LogP contribution is -2.44. The highest BCUT2D eigenvalue weighted by atomic mass is 127. The molecular weight excluding hydrogens is 447 g/mol. The zero-order chi connectivity index (χ0) is 18.1. The number of guanidine groups is 1. The molecule has 0 aliphatic heterocycles. The maximum absolute atomic E-state index is 10.5. The van der Waals surface area contributed by atoms with Gasteiger partial charge < -0.3 is 24.9 Å². The molecule has 144 valence electrons. The molecule has 3 N–H and O–H groups in total. The number of hydrogen-bond donors (Lipinski definition) is 3. The van der Waals surface area contributed by atoms with Crippen molar-refractivity contribution in [1.29, 1.82) is 0 Å². The van der Waals surface area contributed by atoms with Gasteiger partial charge in [-0.05, 0) is 44.5 Å². The van der Waals surface area contributed by atoms with E-state index in [-0.39, 0.29) is 30.5 Å². The number of rotatable bonds is 8. The molecule has 2 heterocycles. The topological polar surface area (TPSA) is 91.9 Å². The zero-order valence-corrected chi connectivity index (χ0v) is 17.7. The summed E-state index contributed by atoms with van der Waals surface area (Å²) in [4.78, 5) is 8.68. The number of halogens is 1. The molecule has 2 aromatic heterocycles.